The van der Waals surface area contributed by atoms with Gasteiger partial charge in [0.05, 0.1) is 18.2 Å². The molecule has 0 radical (unpaired) electrons. The molecule has 4 rings (SSSR count). The fraction of sp³-hybridized carbons (Fsp3) is 0.320. The van der Waals surface area contributed by atoms with E-state index >= 15 is 0 Å². The molecule has 31 heavy (non-hydrogen) atoms. The first-order valence-electron chi connectivity index (χ1n) is 10.6. The van der Waals surface area contributed by atoms with Crippen LogP contribution in [0, 0.1) is 5.92 Å². The number of nitrogens with one attached hydrogen (secondary N) is 2. The number of rotatable bonds is 5. The van der Waals surface area contributed by atoms with Crippen LogP contribution in [0.1, 0.15) is 40.5 Å². The van der Waals surface area contributed by atoms with Crippen molar-refractivity contribution >= 4 is 23.1 Å². The maximum Gasteiger partial charge on any atom is 0.253 e. The predicted molar refractivity (Wildman–Crippen MR) is 123 cm³/mol. The molecule has 0 saturated carbocycles. The summed E-state index contributed by atoms with van der Waals surface area (Å²) >= 11 is 0. The van der Waals surface area contributed by atoms with Crippen molar-refractivity contribution in [3.63, 3.8) is 0 Å². The number of nitrogens with zero attached hydrogens (tertiary/aromatic N) is 1. The van der Waals surface area contributed by atoms with Gasteiger partial charge in [-0.2, -0.15) is 0 Å². The first-order valence-corrected chi connectivity index (χ1v) is 10.6. The van der Waals surface area contributed by atoms with E-state index in [2.05, 4.69) is 22.5 Å². The third kappa shape index (κ3) is 6.12. The number of fused-ring (bicyclic) bond motifs is 1. The molecule has 1 aromatic heterocycles. The summed E-state index contributed by atoms with van der Waals surface area (Å²) in [5.74, 6) is 1.33. The molecule has 3 aromatic rings. The van der Waals surface area contributed by atoms with Gasteiger partial charge in [-0.05, 0) is 61.7 Å². The molecule has 0 bridgehead atoms. The van der Waals surface area contributed by atoms with Crippen LogP contribution in [0.5, 0.6) is 5.75 Å². The second-order valence-electron chi connectivity index (χ2n) is 7.66. The molecule has 2 heterocycles. The molecule has 0 spiro atoms. The number of aromatic nitrogens is 1. The van der Waals surface area contributed by atoms with E-state index in [1.54, 1.807) is 37.6 Å². The quantitative estimate of drug-likeness (QED) is 0.614. The average Bonchev–Trinajstić information content (AvgIpc) is 2.83. The van der Waals surface area contributed by atoms with Crippen molar-refractivity contribution in [3.8, 4) is 5.75 Å². The second kappa shape index (κ2) is 11.2. The van der Waals surface area contributed by atoms with Crippen molar-refractivity contribution in [1.82, 2.24) is 15.6 Å². The Morgan fingerprint density at radius 2 is 1.97 bits per heavy atom. The average molecular weight is 420 g/mol. The molecule has 1 amide bonds. The van der Waals surface area contributed by atoms with Gasteiger partial charge in [-0.1, -0.05) is 25.1 Å². The molecule has 1 saturated heterocycles. The van der Waals surface area contributed by atoms with Gasteiger partial charge >= 0.3 is 0 Å². The standard InChI is InChI=1S/C17H21N3O.C8H8O2/c1-12-5-3-9-18-15(12)11-20-17(21)14-8-2-6-13-7-4-10-19-16(13)14;1-10-8-4-2-7(6-9)3-5-8/h2,4,6-8,10,12,15,18H,3,5,9,11H2,1H3,(H,20,21);2-6H,1H3/t12-,15-;/m1./s1. The van der Waals surface area contributed by atoms with Crippen molar-refractivity contribution in [2.45, 2.75) is 25.8 Å². The number of carbonyl (C=O) groups excluding carboxylic acids is 2. The lowest BCUT2D eigenvalue weighted by Crippen LogP contribution is -2.47. The minimum atomic E-state index is -0.0427. The molecular formula is C25H29N3O3. The van der Waals surface area contributed by atoms with Gasteiger partial charge in [0.25, 0.3) is 5.91 Å². The number of pyridine rings is 1. The van der Waals surface area contributed by atoms with Gasteiger partial charge in [0, 0.05) is 29.7 Å². The summed E-state index contributed by atoms with van der Waals surface area (Å²) in [5.41, 5.74) is 2.08. The number of hydrogen-bond donors (Lipinski definition) is 2. The fourth-order valence-corrected chi connectivity index (χ4v) is 3.66. The van der Waals surface area contributed by atoms with E-state index in [-0.39, 0.29) is 5.91 Å². The van der Waals surface area contributed by atoms with Gasteiger partial charge in [0.2, 0.25) is 0 Å². The van der Waals surface area contributed by atoms with E-state index < -0.39 is 0 Å². The van der Waals surface area contributed by atoms with Gasteiger partial charge < -0.3 is 15.4 Å². The first-order chi connectivity index (χ1) is 15.1. The molecule has 0 aliphatic carbocycles. The maximum absolute atomic E-state index is 12.4. The number of piperidine rings is 1. The van der Waals surface area contributed by atoms with E-state index in [9.17, 15) is 9.59 Å². The Morgan fingerprint density at radius 3 is 2.68 bits per heavy atom. The number of methoxy groups -OCH3 is 1. The van der Waals surface area contributed by atoms with Crippen molar-refractivity contribution in [1.29, 1.82) is 0 Å². The summed E-state index contributed by atoms with van der Waals surface area (Å²) in [6.45, 7) is 3.95. The van der Waals surface area contributed by atoms with E-state index in [0.29, 0.717) is 29.6 Å². The van der Waals surface area contributed by atoms with Crippen LogP contribution in [-0.2, 0) is 0 Å². The SMILES string of the molecule is COc1ccc(C=O)cc1.C[C@@H]1CCCN[C@@H]1CNC(=O)c1cccc2cccnc12. The summed E-state index contributed by atoms with van der Waals surface area (Å²) < 4.78 is 4.90. The molecule has 162 valence electrons. The lowest BCUT2D eigenvalue weighted by molar-refractivity contribution is 0.0945. The summed E-state index contributed by atoms with van der Waals surface area (Å²) in [4.78, 5) is 26.9. The smallest absolute Gasteiger partial charge is 0.253 e. The van der Waals surface area contributed by atoms with Crippen LogP contribution in [0.2, 0.25) is 0 Å². The summed E-state index contributed by atoms with van der Waals surface area (Å²) in [6, 6.07) is 16.9. The second-order valence-corrected chi connectivity index (χ2v) is 7.66. The van der Waals surface area contributed by atoms with Crippen LogP contribution in [0.4, 0.5) is 0 Å². The van der Waals surface area contributed by atoms with Crippen molar-refractivity contribution in [3.05, 3.63) is 71.9 Å². The Labute approximate surface area is 183 Å². The van der Waals surface area contributed by atoms with Gasteiger partial charge in [0.1, 0.15) is 12.0 Å². The van der Waals surface area contributed by atoms with Gasteiger partial charge in [-0.3, -0.25) is 14.6 Å². The molecule has 0 unspecified atom stereocenters. The minimum Gasteiger partial charge on any atom is -0.497 e. The first kappa shape index (κ1) is 22.4. The molecule has 2 atom stereocenters. The predicted octanol–water partition coefficient (Wildman–Crippen LogP) is 3.86. The highest BCUT2D eigenvalue weighted by Gasteiger charge is 2.21. The molecule has 1 aliphatic rings. The molecule has 1 fully saturated rings. The lowest BCUT2D eigenvalue weighted by atomic mass is 9.93. The van der Waals surface area contributed by atoms with Gasteiger partial charge in [0.15, 0.2) is 0 Å². The Hall–Kier alpha value is -3.25. The number of hydrogen-bond acceptors (Lipinski definition) is 5. The summed E-state index contributed by atoms with van der Waals surface area (Å²) in [7, 11) is 1.59. The summed E-state index contributed by atoms with van der Waals surface area (Å²) in [6.07, 6.45) is 4.98. The highest BCUT2D eigenvalue weighted by Crippen LogP contribution is 2.17. The molecule has 6 nitrogen and oxygen atoms in total. The van der Waals surface area contributed by atoms with E-state index in [1.165, 1.54) is 12.8 Å². The van der Waals surface area contributed by atoms with Crippen LogP contribution in [0.25, 0.3) is 10.9 Å². The topological polar surface area (TPSA) is 80.3 Å². The molecular weight excluding hydrogens is 390 g/mol. The van der Waals surface area contributed by atoms with Crippen molar-refractivity contribution < 1.29 is 14.3 Å². The number of ether oxygens (including phenoxy) is 1. The Kier molecular flexibility index (Phi) is 8.12. The van der Waals surface area contributed by atoms with Crippen LogP contribution in [-0.4, -0.2) is 43.4 Å². The monoisotopic (exact) mass is 419 g/mol. The Bertz CT molecular complexity index is 999. The Balaban J connectivity index is 0.000000229. The van der Waals surface area contributed by atoms with Gasteiger partial charge in [-0.15, -0.1) is 0 Å². The zero-order valence-electron chi connectivity index (χ0n) is 18.0. The number of amides is 1. The normalized spacial score (nSPS) is 17.9. The zero-order valence-corrected chi connectivity index (χ0v) is 18.0. The van der Waals surface area contributed by atoms with Crippen molar-refractivity contribution in [2.24, 2.45) is 5.92 Å². The van der Waals surface area contributed by atoms with Crippen LogP contribution >= 0.6 is 0 Å². The van der Waals surface area contributed by atoms with Crippen LogP contribution in [0.3, 0.4) is 0 Å². The number of aldehydes is 1. The fourth-order valence-electron chi connectivity index (χ4n) is 3.66. The summed E-state index contributed by atoms with van der Waals surface area (Å²) in [5, 5.41) is 7.53. The maximum atomic E-state index is 12.4. The van der Waals surface area contributed by atoms with Crippen molar-refractivity contribution in [2.75, 3.05) is 20.2 Å². The van der Waals surface area contributed by atoms with Crippen LogP contribution < -0.4 is 15.4 Å². The van der Waals surface area contributed by atoms with E-state index in [4.69, 9.17) is 4.74 Å². The highest BCUT2D eigenvalue weighted by atomic mass is 16.5. The van der Waals surface area contributed by atoms with E-state index in [0.717, 1.165) is 29.5 Å². The Morgan fingerprint density at radius 1 is 1.19 bits per heavy atom. The van der Waals surface area contributed by atoms with E-state index in [1.807, 2.05) is 30.3 Å². The molecule has 1 aliphatic heterocycles. The zero-order chi connectivity index (χ0) is 22.1. The van der Waals surface area contributed by atoms with Crippen LogP contribution in [0.15, 0.2) is 60.8 Å². The lowest BCUT2D eigenvalue weighted by Gasteiger charge is -2.30. The third-order valence-electron chi connectivity index (χ3n) is 5.54. The molecule has 6 heteroatoms. The highest BCUT2D eigenvalue weighted by molar-refractivity contribution is 6.05. The minimum absolute atomic E-state index is 0.0427. The number of carbonyl (C=O) groups is 2. The largest absolute Gasteiger partial charge is 0.497 e. The molecule has 2 aromatic carbocycles. The van der Waals surface area contributed by atoms with Gasteiger partial charge in [-0.25, -0.2) is 0 Å². The molecule has 2 N–H and O–H groups in total. The number of benzene rings is 2. The number of para-hydroxylation sites is 1. The third-order valence-corrected chi connectivity index (χ3v) is 5.54.